The molecule has 82 valence electrons. The van der Waals surface area contributed by atoms with Crippen LogP contribution in [0.4, 0.5) is 4.79 Å². The van der Waals surface area contributed by atoms with Crippen LogP contribution in [0.3, 0.4) is 0 Å². The lowest BCUT2D eigenvalue weighted by atomic mass is 10.1. The van der Waals surface area contributed by atoms with Gasteiger partial charge in [0.05, 0.1) is 0 Å². The zero-order valence-electron chi connectivity index (χ0n) is 9.11. The number of aryl methyl sites for hydroxylation is 2. The molecule has 0 unspecified atom stereocenters. The molecule has 0 fully saturated rings. The van der Waals surface area contributed by atoms with Crippen LogP contribution in [0.25, 0.3) is 0 Å². The third-order valence-corrected chi connectivity index (χ3v) is 2.87. The largest absolute Gasteiger partial charge is 0.465 e. The highest BCUT2D eigenvalue weighted by Crippen LogP contribution is 2.20. The van der Waals surface area contributed by atoms with Gasteiger partial charge in [0, 0.05) is 18.5 Å². The smallest absolute Gasteiger partial charge is 0.407 e. The average molecular weight is 225 g/mol. The van der Waals surface area contributed by atoms with E-state index in [2.05, 4.69) is 12.6 Å². The third-order valence-electron chi connectivity index (χ3n) is 2.39. The minimum atomic E-state index is -0.921. The van der Waals surface area contributed by atoms with Gasteiger partial charge < -0.3 is 10.0 Å². The molecule has 4 heteroatoms. The van der Waals surface area contributed by atoms with Crippen molar-refractivity contribution in [3.05, 3.63) is 28.8 Å². The molecule has 0 saturated carbocycles. The van der Waals surface area contributed by atoms with E-state index >= 15 is 0 Å². The van der Waals surface area contributed by atoms with Crippen molar-refractivity contribution in [2.24, 2.45) is 0 Å². The van der Waals surface area contributed by atoms with Crippen molar-refractivity contribution >= 4 is 18.7 Å². The van der Waals surface area contributed by atoms with Crippen LogP contribution in [0, 0.1) is 13.8 Å². The van der Waals surface area contributed by atoms with Gasteiger partial charge in [0.1, 0.15) is 0 Å². The highest BCUT2D eigenvalue weighted by atomic mass is 32.1. The van der Waals surface area contributed by atoms with E-state index in [1.165, 1.54) is 4.90 Å². The molecule has 0 aromatic heterocycles. The number of rotatable bonds is 2. The number of hydrogen-bond donors (Lipinski definition) is 2. The molecule has 1 amide bonds. The first-order valence-corrected chi connectivity index (χ1v) is 5.09. The van der Waals surface area contributed by atoms with Crippen molar-refractivity contribution in [1.82, 2.24) is 4.90 Å². The maximum Gasteiger partial charge on any atom is 0.407 e. The molecule has 1 rings (SSSR count). The molecule has 1 N–H and O–H groups in total. The van der Waals surface area contributed by atoms with Crippen LogP contribution in [-0.4, -0.2) is 23.1 Å². The summed E-state index contributed by atoms with van der Waals surface area (Å²) < 4.78 is 0. The Morgan fingerprint density at radius 2 is 2.00 bits per heavy atom. The summed E-state index contributed by atoms with van der Waals surface area (Å²) in [5, 5.41) is 8.76. The van der Waals surface area contributed by atoms with Gasteiger partial charge in [-0.2, -0.15) is 0 Å². The summed E-state index contributed by atoms with van der Waals surface area (Å²) in [6.45, 7) is 4.36. The lowest BCUT2D eigenvalue weighted by Gasteiger charge is -2.15. The van der Waals surface area contributed by atoms with Crippen LogP contribution in [0.5, 0.6) is 0 Å². The molecule has 3 nitrogen and oxygen atoms in total. The maximum absolute atomic E-state index is 10.7. The van der Waals surface area contributed by atoms with Crippen LogP contribution in [0.2, 0.25) is 0 Å². The van der Waals surface area contributed by atoms with Gasteiger partial charge in [-0.05, 0) is 36.6 Å². The minimum absolute atomic E-state index is 0.398. The van der Waals surface area contributed by atoms with Crippen LogP contribution < -0.4 is 0 Å². The first-order valence-electron chi connectivity index (χ1n) is 4.65. The monoisotopic (exact) mass is 225 g/mol. The Morgan fingerprint density at radius 3 is 2.53 bits per heavy atom. The van der Waals surface area contributed by atoms with Gasteiger partial charge in [-0.1, -0.05) is 6.07 Å². The number of carboxylic acid groups (broad SMARTS) is 1. The predicted molar refractivity (Wildman–Crippen MR) is 62.7 cm³/mol. The van der Waals surface area contributed by atoms with E-state index in [1.54, 1.807) is 7.05 Å². The van der Waals surface area contributed by atoms with E-state index in [4.69, 9.17) is 5.11 Å². The molecular weight excluding hydrogens is 210 g/mol. The Labute approximate surface area is 95.1 Å². The van der Waals surface area contributed by atoms with Gasteiger partial charge in [-0.3, -0.25) is 0 Å². The zero-order valence-corrected chi connectivity index (χ0v) is 10.0. The standard InChI is InChI=1S/C11H15NO2S/c1-7-4-8(2)10(15)5-9(7)6-12(3)11(13)14/h4-5,15H,6H2,1-3H3,(H,13,14). The molecule has 0 atom stereocenters. The van der Waals surface area contributed by atoms with E-state index in [9.17, 15) is 4.79 Å². The lowest BCUT2D eigenvalue weighted by molar-refractivity contribution is 0.153. The van der Waals surface area contributed by atoms with Gasteiger partial charge in [-0.25, -0.2) is 4.79 Å². The van der Waals surface area contributed by atoms with Gasteiger partial charge in [0.2, 0.25) is 0 Å². The van der Waals surface area contributed by atoms with Gasteiger partial charge in [0.25, 0.3) is 0 Å². The number of amides is 1. The molecule has 0 heterocycles. The fourth-order valence-electron chi connectivity index (χ4n) is 1.38. The second-order valence-corrected chi connectivity index (χ2v) is 4.19. The quantitative estimate of drug-likeness (QED) is 0.760. The van der Waals surface area contributed by atoms with E-state index in [0.29, 0.717) is 6.54 Å². The Balaban J connectivity index is 2.95. The fraction of sp³-hybridized carbons (Fsp3) is 0.364. The van der Waals surface area contributed by atoms with Crippen molar-refractivity contribution < 1.29 is 9.90 Å². The summed E-state index contributed by atoms with van der Waals surface area (Å²) in [6.07, 6.45) is -0.921. The number of carbonyl (C=O) groups is 1. The Kier molecular flexibility index (Phi) is 3.63. The Morgan fingerprint density at radius 1 is 1.40 bits per heavy atom. The lowest BCUT2D eigenvalue weighted by Crippen LogP contribution is -2.24. The molecule has 0 aliphatic carbocycles. The van der Waals surface area contributed by atoms with E-state index in [1.807, 2.05) is 26.0 Å². The van der Waals surface area contributed by atoms with Crippen molar-refractivity contribution in [2.75, 3.05) is 7.05 Å². The summed E-state index contributed by atoms with van der Waals surface area (Å²) in [6, 6.07) is 3.95. The highest BCUT2D eigenvalue weighted by molar-refractivity contribution is 7.80. The maximum atomic E-state index is 10.7. The first kappa shape index (κ1) is 11.9. The van der Waals surface area contributed by atoms with Crippen LogP contribution in [0.1, 0.15) is 16.7 Å². The molecule has 1 aromatic carbocycles. The predicted octanol–water partition coefficient (Wildman–Crippen LogP) is 2.70. The van der Waals surface area contributed by atoms with Crippen LogP contribution in [0.15, 0.2) is 17.0 Å². The molecule has 0 aliphatic rings. The number of hydrogen-bond acceptors (Lipinski definition) is 2. The molecule has 0 spiro atoms. The second-order valence-electron chi connectivity index (χ2n) is 3.70. The van der Waals surface area contributed by atoms with Gasteiger partial charge in [0.15, 0.2) is 0 Å². The topological polar surface area (TPSA) is 40.5 Å². The summed E-state index contributed by atoms with van der Waals surface area (Å²) >= 11 is 4.32. The molecule has 0 aliphatic heterocycles. The number of nitrogens with zero attached hydrogens (tertiary/aromatic N) is 1. The summed E-state index contributed by atoms with van der Waals surface area (Å²) in [5.41, 5.74) is 3.20. The molecule has 0 saturated heterocycles. The summed E-state index contributed by atoms with van der Waals surface area (Å²) in [7, 11) is 1.56. The number of benzene rings is 1. The van der Waals surface area contributed by atoms with Crippen molar-refractivity contribution in [3.63, 3.8) is 0 Å². The summed E-state index contributed by atoms with van der Waals surface area (Å²) in [4.78, 5) is 12.8. The van der Waals surface area contributed by atoms with Crippen molar-refractivity contribution in [3.8, 4) is 0 Å². The van der Waals surface area contributed by atoms with Crippen LogP contribution >= 0.6 is 12.6 Å². The molecule has 0 radical (unpaired) electrons. The Bertz CT molecular complexity index is 390. The van der Waals surface area contributed by atoms with Gasteiger partial charge >= 0.3 is 6.09 Å². The third kappa shape index (κ3) is 2.89. The molecule has 0 bridgehead atoms. The van der Waals surface area contributed by atoms with E-state index in [0.717, 1.165) is 21.6 Å². The second kappa shape index (κ2) is 4.57. The molecular formula is C11H15NO2S. The molecule has 1 aromatic rings. The van der Waals surface area contributed by atoms with Crippen LogP contribution in [-0.2, 0) is 6.54 Å². The van der Waals surface area contributed by atoms with Crippen molar-refractivity contribution in [1.29, 1.82) is 0 Å². The van der Waals surface area contributed by atoms with Crippen molar-refractivity contribution in [2.45, 2.75) is 25.3 Å². The summed E-state index contributed by atoms with van der Waals surface area (Å²) in [5.74, 6) is 0. The zero-order chi connectivity index (χ0) is 11.6. The van der Waals surface area contributed by atoms with Gasteiger partial charge in [-0.15, -0.1) is 12.6 Å². The fourth-order valence-corrected chi connectivity index (χ4v) is 1.60. The normalized spacial score (nSPS) is 10.1. The van der Waals surface area contributed by atoms with E-state index in [-0.39, 0.29) is 0 Å². The van der Waals surface area contributed by atoms with E-state index < -0.39 is 6.09 Å². The molecule has 15 heavy (non-hydrogen) atoms. The minimum Gasteiger partial charge on any atom is -0.465 e. The Hall–Kier alpha value is -1.16. The first-order chi connectivity index (χ1) is 6.91. The SMILES string of the molecule is Cc1cc(C)c(CN(C)C(=O)O)cc1S. The highest BCUT2D eigenvalue weighted by Gasteiger charge is 2.09. The average Bonchev–Trinajstić information content (AvgIpc) is 2.13. The number of thiol groups is 1.